The molecule has 0 radical (unpaired) electrons. The third-order valence-electron chi connectivity index (χ3n) is 4.40. The zero-order valence-corrected chi connectivity index (χ0v) is 12.8. The molecule has 2 heterocycles. The van der Waals surface area contributed by atoms with E-state index in [1.807, 2.05) is 35.2 Å². The Kier molecular flexibility index (Phi) is 5.08. The van der Waals surface area contributed by atoms with Gasteiger partial charge >= 0.3 is 0 Å². The van der Waals surface area contributed by atoms with Gasteiger partial charge in [-0.25, -0.2) is 0 Å². The summed E-state index contributed by atoms with van der Waals surface area (Å²) >= 11 is 0. The van der Waals surface area contributed by atoms with E-state index >= 15 is 0 Å². The smallest absolute Gasteiger partial charge is 0.239 e. The zero-order chi connectivity index (χ0) is 15.4. The van der Waals surface area contributed by atoms with Crippen LogP contribution in [0.3, 0.4) is 0 Å². The third-order valence-corrected chi connectivity index (χ3v) is 4.40. The average molecular weight is 304 g/mol. The summed E-state index contributed by atoms with van der Waals surface area (Å²) in [6.07, 6.45) is 2.78. The van der Waals surface area contributed by atoms with Crippen LogP contribution < -0.4 is 5.73 Å². The van der Waals surface area contributed by atoms with Crippen LogP contribution in [0.2, 0.25) is 0 Å². The van der Waals surface area contributed by atoms with Crippen molar-refractivity contribution >= 4 is 5.91 Å². The van der Waals surface area contributed by atoms with Crippen molar-refractivity contribution in [1.82, 2.24) is 4.90 Å². The van der Waals surface area contributed by atoms with Crippen LogP contribution in [0, 0.1) is 0 Å². The van der Waals surface area contributed by atoms with Gasteiger partial charge in [0.25, 0.3) is 0 Å². The summed E-state index contributed by atoms with van der Waals surface area (Å²) in [6, 6.07) is 9.41. The molecule has 1 aromatic carbocycles. The second-order valence-corrected chi connectivity index (χ2v) is 6.04. The van der Waals surface area contributed by atoms with E-state index in [0.717, 1.165) is 25.0 Å². The molecule has 3 atom stereocenters. The lowest BCUT2D eigenvalue weighted by molar-refractivity contribution is -0.146. The summed E-state index contributed by atoms with van der Waals surface area (Å²) in [5, 5.41) is 0. The highest BCUT2D eigenvalue weighted by atomic mass is 16.5. The van der Waals surface area contributed by atoms with Gasteiger partial charge < -0.3 is 20.1 Å². The maximum atomic E-state index is 12.6. The van der Waals surface area contributed by atoms with E-state index in [-0.39, 0.29) is 18.1 Å². The van der Waals surface area contributed by atoms with Crippen LogP contribution in [0.4, 0.5) is 0 Å². The summed E-state index contributed by atoms with van der Waals surface area (Å²) < 4.78 is 11.5. The fourth-order valence-corrected chi connectivity index (χ4v) is 3.19. The quantitative estimate of drug-likeness (QED) is 0.900. The highest BCUT2D eigenvalue weighted by molar-refractivity contribution is 5.82. The number of carbonyl (C=O) groups is 1. The molecule has 2 fully saturated rings. The van der Waals surface area contributed by atoms with E-state index in [1.165, 1.54) is 0 Å². The fourth-order valence-electron chi connectivity index (χ4n) is 3.19. The SMILES string of the molecule is N[C@@H](Cc1ccccc1)C(=O)N1CCO[C@@H]([C@H]2CCCO2)C1. The van der Waals surface area contributed by atoms with Crippen molar-refractivity contribution in [3.8, 4) is 0 Å². The molecule has 120 valence electrons. The molecule has 0 bridgehead atoms. The van der Waals surface area contributed by atoms with Gasteiger partial charge in [-0.2, -0.15) is 0 Å². The Balaban J connectivity index is 1.56. The monoisotopic (exact) mass is 304 g/mol. The predicted molar refractivity (Wildman–Crippen MR) is 83.4 cm³/mol. The van der Waals surface area contributed by atoms with Crippen molar-refractivity contribution in [2.45, 2.75) is 37.5 Å². The van der Waals surface area contributed by atoms with Gasteiger partial charge in [0.15, 0.2) is 0 Å². The van der Waals surface area contributed by atoms with Crippen LogP contribution in [0.1, 0.15) is 18.4 Å². The number of amides is 1. The highest BCUT2D eigenvalue weighted by Gasteiger charge is 2.34. The number of hydrogen-bond donors (Lipinski definition) is 1. The number of hydrogen-bond acceptors (Lipinski definition) is 4. The molecule has 2 N–H and O–H groups in total. The molecule has 0 aliphatic carbocycles. The summed E-state index contributed by atoms with van der Waals surface area (Å²) in [7, 11) is 0. The van der Waals surface area contributed by atoms with E-state index in [4.69, 9.17) is 15.2 Å². The second kappa shape index (κ2) is 7.22. The topological polar surface area (TPSA) is 64.8 Å². The molecule has 0 aromatic heterocycles. The molecule has 5 heteroatoms. The van der Waals surface area contributed by atoms with Crippen LogP contribution in [-0.4, -0.2) is 55.4 Å². The Morgan fingerprint density at radius 1 is 1.23 bits per heavy atom. The Morgan fingerprint density at radius 2 is 2.00 bits per heavy atom. The molecule has 1 aromatic rings. The molecule has 2 aliphatic heterocycles. The second-order valence-electron chi connectivity index (χ2n) is 6.04. The van der Waals surface area contributed by atoms with Crippen LogP contribution in [0.5, 0.6) is 0 Å². The minimum Gasteiger partial charge on any atom is -0.375 e. The standard InChI is InChI=1S/C17H24N2O3/c18-14(11-13-5-2-1-3-6-13)17(20)19-8-10-22-16(12-19)15-7-4-9-21-15/h1-3,5-6,14-16H,4,7-12,18H2/t14-,15+,16+/m0/s1. The van der Waals surface area contributed by atoms with Crippen molar-refractivity contribution in [2.24, 2.45) is 5.73 Å². The number of benzene rings is 1. The lowest BCUT2D eigenvalue weighted by Gasteiger charge is -2.36. The minimum atomic E-state index is -0.495. The largest absolute Gasteiger partial charge is 0.375 e. The van der Waals surface area contributed by atoms with E-state index in [1.54, 1.807) is 0 Å². The number of rotatable bonds is 4. The van der Waals surface area contributed by atoms with Gasteiger partial charge in [0, 0.05) is 19.7 Å². The Hall–Kier alpha value is -1.43. The van der Waals surface area contributed by atoms with Crippen LogP contribution in [0.25, 0.3) is 0 Å². The molecule has 2 aliphatic rings. The zero-order valence-electron chi connectivity index (χ0n) is 12.8. The summed E-state index contributed by atoms with van der Waals surface area (Å²) in [5.74, 6) is 0.00940. The Labute approximate surface area is 131 Å². The highest BCUT2D eigenvalue weighted by Crippen LogP contribution is 2.21. The lowest BCUT2D eigenvalue weighted by Crippen LogP contribution is -2.54. The van der Waals surface area contributed by atoms with Crippen molar-refractivity contribution in [2.75, 3.05) is 26.3 Å². The van der Waals surface area contributed by atoms with Gasteiger partial charge in [0.05, 0.1) is 18.8 Å². The van der Waals surface area contributed by atoms with Crippen molar-refractivity contribution in [3.05, 3.63) is 35.9 Å². The van der Waals surface area contributed by atoms with Crippen LogP contribution in [-0.2, 0) is 20.7 Å². The Bertz CT molecular complexity index is 488. The summed E-state index contributed by atoms with van der Waals surface area (Å²) in [5.41, 5.74) is 7.21. The number of morpholine rings is 1. The molecular weight excluding hydrogens is 280 g/mol. The molecule has 0 unspecified atom stereocenters. The molecule has 0 spiro atoms. The van der Waals surface area contributed by atoms with Crippen LogP contribution >= 0.6 is 0 Å². The first-order valence-electron chi connectivity index (χ1n) is 8.05. The minimum absolute atomic E-state index is 0.00940. The maximum Gasteiger partial charge on any atom is 0.239 e. The third kappa shape index (κ3) is 3.66. The number of nitrogens with two attached hydrogens (primary N) is 1. The van der Waals surface area contributed by atoms with Gasteiger partial charge in [-0.1, -0.05) is 30.3 Å². The molecule has 3 rings (SSSR count). The molecule has 0 saturated carbocycles. The van der Waals surface area contributed by atoms with Crippen molar-refractivity contribution < 1.29 is 14.3 Å². The maximum absolute atomic E-state index is 12.6. The van der Waals surface area contributed by atoms with E-state index in [9.17, 15) is 4.79 Å². The first-order valence-corrected chi connectivity index (χ1v) is 8.05. The molecule has 22 heavy (non-hydrogen) atoms. The van der Waals surface area contributed by atoms with Gasteiger partial charge in [0.2, 0.25) is 5.91 Å². The summed E-state index contributed by atoms with van der Waals surface area (Å²) in [4.78, 5) is 14.4. The van der Waals surface area contributed by atoms with Gasteiger partial charge in [-0.3, -0.25) is 4.79 Å². The van der Waals surface area contributed by atoms with Crippen LogP contribution in [0.15, 0.2) is 30.3 Å². The molecule has 1 amide bonds. The molecule has 2 saturated heterocycles. The van der Waals surface area contributed by atoms with Gasteiger partial charge in [-0.15, -0.1) is 0 Å². The molecule has 5 nitrogen and oxygen atoms in total. The number of nitrogens with zero attached hydrogens (tertiary/aromatic N) is 1. The predicted octanol–water partition coefficient (Wildman–Crippen LogP) is 0.963. The summed E-state index contributed by atoms with van der Waals surface area (Å²) in [6.45, 7) is 2.57. The lowest BCUT2D eigenvalue weighted by atomic mass is 10.0. The van der Waals surface area contributed by atoms with E-state index in [2.05, 4.69) is 0 Å². The number of ether oxygens (including phenoxy) is 2. The van der Waals surface area contributed by atoms with E-state index in [0.29, 0.717) is 26.1 Å². The average Bonchev–Trinajstić information content (AvgIpc) is 3.10. The first-order chi connectivity index (χ1) is 10.7. The van der Waals surface area contributed by atoms with Gasteiger partial charge in [-0.05, 0) is 24.8 Å². The fraction of sp³-hybridized carbons (Fsp3) is 0.588. The Morgan fingerprint density at radius 3 is 2.73 bits per heavy atom. The number of carbonyl (C=O) groups excluding carboxylic acids is 1. The van der Waals surface area contributed by atoms with E-state index < -0.39 is 6.04 Å². The first kappa shape index (κ1) is 15.5. The van der Waals surface area contributed by atoms with Crippen molar-refractivity contribution in [3.63, 3.8) is 0 Å². The molecular formula is C17H24N2O3. The van der Waals surface area contributed by atoms with Crippen molar-refractivity contribution in [1.29, 1.82) is 0 Å². The normalized spacial score (nSPS) is 26.9. The van der Waals surface area contributed by atoms with Gasteiger partial charge in [0.1, 0.15) is 6.10 Å².